The normalized spacial score (nSPS) is 12.0. The number of benzene rings is 1. The van der Waals surface area contributed by atoms with E-state index in [0.717, 1.165) is 5.56 Å². The Morgan fingerprint density at radius 2 is 1.84 bits per heavy atom. The number of carbonyl (C=O) groups is 2. The Morgan fingerprint density at radius 3 is 2.48 bits per heavy atom. The lowest BCUT2D eigenvalue weighted by atomic mass is 10.2. The highest BCUT2D eigenvalue weighted by Gasteiger charge is 2.18. The molecule has 0 bridgehead atoms. The topological polar surface area (TPSA) is 68.3 Å². The monoisotopic (exact) mass is 398 g/mol. The molecule has 0 spiro atoms. The Balaban J connectivity index is 1.91. The summed E-state index contributed by atoms with van der Waals surface area (Å²) in [4.78, 5) is 27.7. The Kier molecular flexibility index (Phi) is 6.82. The number of carbonyl (C=O) groups excluding carboxylic acids is 2. The molecule has 1 aromatic carbocycles. The average molecular weight is 400 g/mol. The summed E-state index contributed by atoms with van der Waals surface area (Å²) in [5.41, 5.74) is 0.774. The summed E-state index contributed by atoms with van der Waals surface area (Å²) in [6.07, 6.45) is 3.09. The summed E-state index contributed by atoms with van der Waals surface area (Å²) in [7, 11) is 0. The van der Waals surface area contributed by atoms with Gasteiger partial charge in [-0.25, -0.2) is 9.78 Å². The fourth-order valence-corrected chi connectivity index (χ4v) is 2.28. The summed E-state index contributed by atoms with van der Waals surface area (Å²) < 4.78 is 5.03. The smallest absolute Gasteiger partial charge is 0.331 e. The lowest BCUT2D eigenvalue weighted by Gasteiger charge is -2.12. The molecule has 1 N–H and O–H groups in total. The van der Waals surface area contributed by atoms with Crippen LogP contribution in [-0.4, -0.2) is 23.0 Å². The van der Waals surface area contributed by atoms with Gasteiger partial charge in [0.15, 0.2) is 11.9 Å². The molecule has 130 valence electrons. The maximum atomic E-state index is 12.0. The molecule has 25 heavy (non-hydrogen) atoms. The molecule has 2 rings (SSSR count). The minimum atomic E-state index is -1.03. The number of hydrogen-bond donors (Lipinski definition) is 1. The third-order valence-corrected chi connectivity index (χ3v) is 3.74. The van der Waals surface area contributed by atoms with Gasteiger partial charge >= 0.3 is 5.97 Å². The Hall–Kier alpha value is -2.08. The summed E-state index contributed by atoms with van der Waals surface area (Å²) >= 11 is 17.4. The van der Waals surface area contributed by atoms with E-state index in [1.807, 2.05) is 0 Å². The van der Waals surface area contributed by atoms with E-state index in [9.17, 15) is 9.59 Å². The van der Waals surface area contributed by atoms with Crippen LogP contribution in [0.25, 0.3) is 6.08 Å². The van der Waals surface area contributed by atoms with E-state index in [0.29, 0.717) is 10.0 Å². The number of anilines is 1. The molecule has 2 aromatic rings. The van der Waals surface area contributed by atoms with Crippen molar-refractivity contribution < 1.29 is 14.3 Å². The van der Waals surface area contributed by atoms with Crippen molar-refractivity contribution in [3.05, 3.63) is 63.2 Å². The van der Waals surface area contributed by atoms with Gasteiger partial charge < -0.3 is 10.1 Å². The van der Waals surface area contributed by atoms with E-state index in [2.05, 4.69) is 10.3 Å². The van der Waals surface area contributed by atoms with Gasteiger partial charge in [0.05, 0.1) is 10.0 Å². The fraction of sp³-hybridized carbons (Fsp3) is 0.118. The number of esters is 1. The molecule has 0 saturated carbocycles. The number of amides is 1. The molecule has 0 aliphatic carbocycles. The second-order valence-corrected chi connectivity index (χ2v) is 6.22. The van der Waals surface area contributed by atoms with E-state index in [1.165, 1.54) is 25.3 Å². The van der Waals surface area contributed by atoms with Crippen molar-refractivity contribution in [1.82, 2.24) is 4.98 Å². The van der Waals surface area contributed by atoms with E-state index in [1.54, 1.807) is 30.3 Å². The summed E-state index contributed by atoms with van der Waals surface area (Å²) in [5.74, 6) is -1.09. The minimum Gasteiger partial charge on any atom is -0.449 e. The maximum Gasteiger partial charge on any atom is 0.331 e. The van der Waals surface area contributed by atoms with Gasteiger partial charge in [-0.15, -0.1) is 0 Å². The van der Waals surface area contributed by atoms with Crippen LogP contribution in [0.4, 0.5) is 5.82 Å². The minimum absolute atomic E-state index is 0.135. The molecule has 0 radical (unpaired) electrons. The molecule has 1 heterocycles. The molecule has 0 saturated heterocycles. The number of halogens is 3. The Labute approximate surface area is 159 Å². The molecule has 1 amide bonds. The standard InChI is InChI=1S/C17H13Cl3N2O3/c1-10(17(24)22-16-14(20)8-13(19)9-21-16)25-15(23)7-4-11-2-5-12(18)6-3-11/h2-10H,1H3,(H,21,22,24)/b7-4+/t10-/m0/s1. The van der Waals surface area contributed by atoms with Crippen LogP contribution in [0.5, 0.6) is 0 Å². The molecular weight excluding hydrogens is 387 g/mol. The van der Waals surface area contributed by atoms with Crippen molar-refractivity contribution in [2.24, 2.45) is 0 Å². The number of aromatic nitrogens is 1. The number of nitrogens with zero attached hydrogens (tertiary/aromatic N) is 1. The second-order valence-electron chi connectivity index (χ2n) is 4.94. The number of ether oxygens (including phenoxy) is 1. The van der Waals surface area contributed by atoms with Gasteiger partial charge in [0.25, 0.3) is 5.91 Å². The quantitative estimate of drug-likeness (QED) is 0.588. The third kappa shape index (κ3) is 6.05. The predicted octanol–water partition coefficient (Wildman–Crippen LogP) is 4.63. The van der Waals surface area contributed by atoms with Crippen molar-refractivity contribution in [2.45, 2.75) is 13.0 Å². The van der Waals surface area contributed by atoms with Crippen molar-refractivity contribution in [2.75, 3.05) is 5.32 Å². The second kappa shape index (κ2) is 8.85. The van der Waals surface area contributed by atoms with Crippen molar-refractivity contribution in [3.8, 4) is 0 Å². The highest BCUT2D eigenvalue weighted by atomic mass is 35.5. The molecule has 0 aliphatic heterocycles. The zero-order valence-corrected chi connectivity index (χ0v) is 15.3. The molecule has 0 aliphatic rings. The van der Waals surface area contributed by atoms with E-state index in [4.69, 9.17) is 39.5 Å². The van der Waals surface area contributed by atoms with Crippen LogP contribution in [0.3, 0.4) is 0 Å². The third-order valence-electron chi connectivity index (χ3n) is 2.99. The van der Waals surface area contributed by atoms with Crippen LogP contribution in [0.1, 0.15) is 12.5 Å². The molecule has 8 heteroatoms. The Morgan fingerprint density at radius 1 is 1.16 bits per heavy atom. The summed E-state index contributed by atoms with van der Waals surface area (Å²) in [5, 5.41) is 3.59. The van der Waals surface area contributed by atoms with Crippen LogP contribution in [0.15, 0.2) is 42.6 Å². The van der Waals surface area contributed by atoms with Gasteiger partial charge in [-0.3, -0.25) is 4.79 Å². The van der Waals surface area contributed by atoms with E-state index >= 15 is 0 Å². The summed E-state index contributed by atoms with van der Waals surface area (Å²) in [6.45, 7) is 1.44. The van der Waals surface area contributed by atoms with E-state index < -0.39 is 18.0 Å². The van der Waals surface area contributed by atoms with Crippen molar-refractivity contribution in [1.29, 1.82) is 0 Å². The first-order valence-corrected chi connectivity index (χ1v) is 8.24. The molecule has 0 unspecified atom stereocenters. The first kappa shape index (κ1) is 19.2. The molecule has 0 fully saturated rings. The van der Waals surface area contributed by atoms with Crippen molar-refractivity contribution >= 4 is 58.6 Å². The fourth-order valence-electron chi connectivity index (χ4n) is 1.73. The van der Waals surface area contributed by atoms with E-state index in [-0.39, 0.29) is 10.8 Å². The highest BCUT2D eigenvalue weighted by molar-refractivity contribution is 6.36. The lowest BCUT2D eigenvalue weighted by molar-refractivity contribution is -0.148. The van der Waals surface area contributed by atoms with Gasteiger partial charge in [-0.1, -0.05) is 46.9 Å². The highest BCUT2D eigenvalue weighted by Crippen LogP contribution is 2.22. The van der Waals surface area contributed by atoms with Crippen LogP contribution in [0.2, 0.25) is 15.1 Å². The van der Waals surface area contributed by atoms with Gasteiger partial charge in [0, 0.05) is 17.3 Å². The first-order valence-electron chi connectivity index (χ1n) is 7.11. The van der Waals surface area contributed by atoms with Crippen molar-refractivity contribution in [3.63, 3.8) is 0 Å². The predicted molar refractivity (Wildman–Crippen MR) is 98.9 cm³/mol. The summed E-state index contributed by atoms with van der Waals surface area (Å²) in [6, 6.07) is 8.33. The van der Waals surface area contributed by atoms with Crippen LogP contribution >= 0.6 is 34.8 Å². The molecule has 5 nitrogen and oxygen atoms in total. The molecule has 1 atom stereocenters. The maximum absolute atomic E-state index is 12.0. The first-order chi connectivity index (χ1) is 11.8. The number of hydrogen-bond acceptors (Lipinski definition) is 4. The lowest BCUT2D eigenvalue weighted by Crippen LogP contribution is -2.29. The Bertz CT molecular complexity index is 807. The van der Waals surface area contributed by atoms with Crippen LogP contribution in [-0.2, 0) is 14.3 Å². The zero-order chi connectivity index (χ0) is 18.4. The average Bonchev–Trinajstić information content (AvgIpc) is 2.56. The number of pyridine rings is 1. The van der Waals surface area contributed by atoms with Gasteiger partial charge in [0.2, 0.25) is 0 Å². The van der Waals surface area contributed by atoms with Crippen LogP contribution in [0, 0.1) is 0 Å². The molecular formula is C17H13Cl3N2O3. The SMILES string of the molecule is C[C@H](OC(=O)/C=C/c1ccc(Cl)cc1)C(=O)Nc1ncc(Cl)cc1Cl. The van der Waals surface area contributed by atoms with Gasteiger partial charge in [0.1, 0.15) is 0 Å². The van der Waals surface area contributed by atoms with Gasteiger partial charge in [-0.2, -0.15) is 0 Å². The van der Waals surface area contributed by atoms with Gasteiger partial charge in [-0.05, 0) is 36.8 Å². The zero-order valence-electron chi connectivity index (χ0n) is 13.0. The van der Waals surface area contributed by atoms with Crippen LogP contribution < -0.4 is 5.32 Å². The number of nitrogens with one attached hydrogen (secondary N) is 1. The largest absolute Gasteiger partial charge is 0.449 e. The number of rotatable bonds is 5. The molecule has 1 aromatic heterocycles.